The van der Waals surface area contributed by atoms with Crippen LogP contribution in [0.4, 0.5) is 0 Å². The standard InChI is InChI=1S/C15H15N3O2/c1-15(2,20)11-5-3-10(4-6-11)12-8-18-9-17-14(19)13(18)7-16-12/h3-9,19-20H,1-2H3. The maximum atomic E-state index is 9.94. The van der Waals surface area contributed by atoms with E-state index in [9.17, 15) is 10.2 Å². The molecule has 0 atom stereocenters. The van der Waals surface area contributed by atoms with Crippen LogP contribution < -0.4 is 0 Å². The Morgan fingerprint density at radius 1 is 1.10 bits per heavy atom. The second kappa shape index (κ2) is 4.31. The van der Waals surface area contributed by atoms with Gasteiger partial charge in [-0.3, -0.25) is 9.38 Å². The fourth-order valence-electron chi connectivity index (χ4n) is 2.08. The molecule has 2 heterocycles. The van der Waals surface area contributed by atoms with Gasteiger partial charge in [-0.2, -0.15) is 0 Å². The molecule has 3 rings (SSSR count). The van der Waals surface area contributed by atoms with Gasteiger partial charge in [0.15, 0.2) is 0 Å². The molecule has 2 aromatic heterocycles. The number of imidazole rings is 1. The van der Waals surface area contributed by atoms with Crippen molar-refractivity contribution in [2.75, 3.05) is 0 Å². The fourth-order valence-corrected chi connectivity index (χ4v) is 2.08. The zero-order chi connectivity index (χ0) is 14.3. The molecule has 0 aliphatic carbocycles. The maximum Gasteiger partial charge on any atom is 0.238 e. The Morgan fingerprint density at radius 3 is 2.45 bits per heavy atom. The molecule has 0 amide bonds. The lowest BCUT2D eigenvalue weighted by Gasteiger charge is -2.17. The molecular formula is C15H15N3O2. The van der Waals surface area contributed by atoms with Crippen LogP contribution in [0.25, 0.3) is 16.8 Å². The third-order valence-electron chi connectivity index (χ3n) is 3.29. The molecular weight excluding hydrogens is 254 g/mol. The molecule has 5 heteroatoms. The zero-order valence-electron chi connectivity index (χ0n) is 11.3. The van der Waals surface area contributed by atoms with Crippen molar-refractivity contribution in [1.29, 1.82) is 0 Å². The minimum atomic E-state index is -0.855. The summed E-state index contributed by atoms with van der Waals surface area (Å²) < 4.78 is 1.72. The van der Waals surface area contributed by atoms with Crippen molar-refractivity contribution in [3.05, 3.63) is 48.5 Å². The summed E-state index contributed by atoms with van der Waals surface area (Å²) in [6, 6.07) is 7.59. The molecule has 3 aromatic rings. The van der Waals surface area contributed by atoms with E-state index in [0.29, 0.717) is 5.52 Å². The highest BCUT2D eigenvalue weighted by atomic mass is 16.3. The highest BCUT2D eigenvalue weighted by molar-refractivity contribution is 5.63. The van der Waals surface area contributed by atoms with Crippen molar-refractivity contribution in [3.63, 3.8) is 0 Å². The van der Waals surface area contributed by atoms with Crippen LogP contribution in [0.3, 0.4) is 0 Å². The van der Waals surface area contributed by atoms with E-state index in [2.05, 4.69) is 9.97 Å². The van der Waals surface area contributed by atoms with E-state index < -0.39 is 5.60 Å². The van der Waals surface area contributed by atoms with Gasteiger partial charge in [-0.25, -0.2) is 4.98 Å². The molecule has 0 unspecified atom stereocenters. The van der Waals surface area contributed by atoms with E-state index in [1.54, 1.807) is 37.0 Å². The molecule has 5 nitrogen and oxygen atoms in total. The molecule has 0 saturated carbocycles. The zero-order valence-corrected chi connectivity index (χ0v) is 11.3. The third-order valence-corrected chi connectivity index (χ3v) is 3.29. The lowest BCUT2D eigenvalue weighted by atomic mass is 9.97. The molecule has 2 N–H and O–H groups in total. The van der Waals surface area contributed by atoms with Gasteiger partial charge in [0.2, 0.25) is 5.88 Å². The Morgan fingerprint density at radius 2 is 1.80 bits per heavy atom. The van der Waals surface area contributed by atoms with Gasteiger partial charge in [0.1, 0.15) is 11.8 Å². The number of rotatable bonds is 2. The van der Waals surface area contributed by atoms with E-state index in [0.717, 1.165) is 16.8 Å². The Bertz CT molecular complexity index is 755. The van der Waals surface area contributed by atoms with E-state index in [-0.39, 0.29) is 5.88 Å². The lowest BCUT2D eigenvalue weighted by molar-refractivity contribution is 0.0786. The predicted octanol–water partition coefficient (Wildman–Crippen LogP) is 2.33. The summed E-state index contributed by atoms with van der Waals surface area (Å²) >= 11 is 0. The number of aromatic nitrogens is 3. The first-order valence-electron chi connectivity index (χ1n) is 6.30. The summed E-state index contributed by atoms with van der Waals surface area (Å²) in [6.07, 6.45) is 4.93. The average Bonchev–Trinajstić information content (AvgIpc) is 2.79. The van der Waals surface area contributed by atoms with Gasteiger partial charge < -0.3 is 10.2 Å². The Hall–Kier alpha value is -2.40. The van der Waals surface area contributed by atoms with Crippen LogP contribution in [0.15, 0.2) is 43.0 Å². The molecule has 0 saturated heterocycles. The van der Waals surface area contributed by atoms with E-state index >= 15 is 0 Å². The van der Waals surface area contributed by atoms with Gasteiger partial charge in [0.25, 0.3) is 0 Å². The Labute approximate surface area is 116 Å². The van der Waals surface area contributed by atoms with E-state index in [4.69, 9.17) is 0 Å². The number of aliphatic hydroxyl groups is 1. The fraction of sp³-hybridized carbons (Fsp3) is 0.200. The van der Waals surface area contributed by atoms with Crippen LogP contribution in [-0.2, 0) is 5.60 Å². The monoisotopic (exact) mass is 269 g/mol. The normalized spacial score (nSPS) is 11.9. The first kappa shape index (κ1) is 12.6. The first-order chi connectivity index (χ1) is 9.45. The van der Waals surface area contributed by atoms with Gasteiger partial charge in [0.05, 0.1) is 17.5 Å². The highest BCUT2D eigenvalue weighted by Crippen LogP contribution is 2.24. The van der Waals surface area contributed by atoms with Crippen molar-refractivity contribution >= 4 is 5.52 Å². The van der Waals surface area contributed by atoms with E-state index in [1.165, 1.54) is 0 Å². The average molecular weight is 269 g/mol. The smallest absolute Gasteiger partial charge is 0.238 e. The molecule has 0 aliphatic heterocycles. The second-order valence-corrected chi connectivity index (χ2v) is 5.27. The van der Waals surface area contributed by atoms with Crippen LogP contribution >= 0.6 is 0 Å². The predicted molar refractivity (Wildman–Crippen MR) is 75.3 cm³/mol. The number of fused-ring (bicyclic) bond motifs is 1. The van der Waals surface area contributed by atoms with Gasteiger partial charge in [-0.1, -0.05) is 24.3 Å². The number of hydrogen-bond acceptors (Lipinski definition) is 4. The summed E-state index contributed by atoms with van der Waals surface area (Å²) in [7, 11) is 0. The number of benzene rings is 1. The Kier molecular flexibility index (Phi) is 2.72. The van der Waals surface area contributed by atoms with Crippen molar-refractivity contribution in [3.8, 4) is 17.1 Å². The number of nitrogens with zero attached hydrogens (tertiary/aromatic N) is 3. The lowest BCUT2D eigenvalue weighted by Crippen LogP contribution is -2.14. The van der Waals surface area contributed by atoms with Gasteiger partial charge >= 0.3 is 0 Å². The van der Waals surface area contributed by atoms with Crippen molar-refractivity contribution in [1.82, 2.24) is 14.4 Å². The van der Waals surface area contributed by atoms with Gasteiger partial charge in [-0.05, 0) is 19.4 Å². The summed E-state index contributed by atoms with van der Waals surface area (Å²) in [5.41, 5.74) is 2.28. The summed E-state index contributed by atoms with van der Waals surface area (Å²) in [5.74, 6) is -0.0265. The van der Waals surface area contributed by atoms with Gasteiger partial charge in [-0.15, -0.1) is 0 Å². The summed E-state index contributed by atoms with van der Waals surface area (Å²) in [6.45, 7) is 3.50. The molecule has 102 valence electrons. The SMILES string of the molecule is CC(C)(O)c1ccc(-c2cn3cnc(O)c3cn2)cc1. The molecule has 0 fully saturated rings. The largest absolute Gasteiger partial charge is 0.492 e. The molecule has 0 radical (unpaired) electrons. The minimum absolute atomic E-state index is 0.0265. The van der Waals surface area contributed by atoms with Crippen molar-refractivity contribution < 1.29 is 10.2 Å². The quantitative estimate of drug-likeness (QED) is 0.749. The molecule has 0 spiro atoms. The van der Waals surface area contributed by atoms with Gasteiger partial charge in [0, 0.05) is 11.8 Å². The Balaban J connectivity index is 2.02. The maximum absolute atomic E-state index is 9.94. The first-order valence-corrected chi connectivity index (χ1v) is 6.30. The van der Waals surface area contributed by atoms with Crippen LogP contribution in [0, 0.1) is 0 Å². The van der Waals surface area contributed by atoms with Crippen LogP contribution in [0.2, 0.25) is 0 Å². The molecule has 20 heavy (non-hydrogen) atoms. The van der Waals surface area contributed by atoms with Crippen molar-refractivity contribution in [2.45, 2.75) is 19.4 Å². The van der Waals surface area contributed by atoms with E-state index in [1.807, 2.05) is 24.3 Å². The summed E-state index contributed by atoms with van der Waals surface area (Å²) in [5, 5.41) is 19.4. The third kappa shape index (κ3) is 2.12. The molecule has 0 bridgehead atoms. The highest BCUT2D eigenvalue weighted by Gasteiger charge is 2.15. The minimum Gasteiger partial charge on any atom is -0.492 e. The summed E-state index contributed by atoms with van der Waals surface area (Å²) in [4.78, 5) is 8.14. The van der Waals surface area contributed by atoms with Crippen LogP contribution in [-0.4, -0.2) is 24.6 Å². The second-order valence-electron chi connectivity index (χ2n) is 5.27. The molecule has 0 aliphatic rings. The van der Waals surface area contributed by atoms with Crippen LogP contribution in [0.1, 0.15) is 19.4 Å². The molecule has 1 aromatic carbocycles. The van der Waals surface area contributed by atoms with Crippen molar-refractivity contribution in [2.24, 2.45) is 0 Å². The van der Waals surface area contributed by atoms with Crippen LogP contribution in [0.5, 0.6) is 5.88 Å². The topological polar surface area (TPSA) is 70.7 Å². The number of hydrogen-bond donors (Lipinski definition) is 2. The number of aromatic hydroxyl groups is 1.